The van der Waals surface area contributed by atoms with Crippen molar-refractivity contribution in [3.8, 4) is 11.5 Å². The number of nitrogens with zero attached hydrogens (tertiary/aromatic N) is 1. The van der Waals surface area contributed by atoms with E-state index < -0.39 is 11.9 Å². The molecule has 2 aromatic carbocycles. The van der Waals surface area contributed by atoms with Gasteiger partial charge in [-0.15, -0.1) is 0 Å². The molecule has 1 aliphatic rings. The molecule has 1 fully saturated rings. The molecule has 2 aromatic rings. The van der Waals surface area contributed by atoms with Crippen LogP contribution in [-0.2, 0) is 16.2 Å². The Morgan fingerprint density at radius 1 is 1.24 bits per heavy atom. The highest BCUT2D eigenvalue weighted by atomic mass is 35.5. The molecule has 172 valence electrons. The fraction of sp³-hybridized carbons (Fsp3) is 0.182. The summed E-state index contributed by atoms with van der Waals surface area (Å²) >= 11 is 12.7. The van der Waals surface area contributed by atoms with Crippen LogP contribution in [0.5, 0.6) is 11.5 Å². The first-order valence-electron chi connectivity index (χ1n) is 9.49. The summed E-state index contributed by atoms with van der Waals surface area (Å²) in [7, 11) is 1.44. The Morgan fingerprint density at radius 2 is 2.00 bits per heavy atom. The summed E-state index contributed by atoms with van der Waals surface area (Å²) in [6.45, 7) is 0.0655. The van der Waals surface area contributed by atoms with E-state index in [2.05, 4.69) is 0 Å². The predicted molar refractivity (Wildman–Crippen MR) is 128 cm³/mol. The van der Waals surface area contributed by atoms with E-state index >= 15 is 0 Å². The van der Waals surface area contributed by atoms with Crippen LogP contribution in [0.4, 0.5) is 0 Å². The van der Waals surface area contributed by atoms with Crippen LogP contribution in [-0.4, -0.2) is 50.9 Å². The monoisotopic (exact) mass is 507 g/mol. The number of aromatic carboxylic acids is 1. The maximum absolute atomic E-state index is 12.6. The van der Waals surface area contributed by atoms with E-state index in [1.165, 1.54) is 24.1 Å². The maximum Gasteiger partial charge on any atom is 0.335 e. The number of aliphatic carboxylic acids is 1. The summed E-state index contributed by atoms with van der Waals surface area (Å²) in [4.78, 5) is 36.1. The molecule has 33 heavy (non-hydrogen) atoms. The van der Waals surface area contributed by atoms with E-state index in [0.29, 0.717) is 21.8 Å². The summed E-state index contributed by atoms with van der Waals surface area (Å²) < 4.78 is 11.5. The topological polar surface area (TPSA) is 113 Å². The minimum Gasteiger partial charge on any atom is -0.493 e. The maximum atomic E-state index is 12.6. The molecule has 0 atom stereocenters. The van der Waals surface area contributed by atoms with Gasteiger partial charge in [-0.05, 0) is 41.5 Å². The average molecular weight is 508 g/mol. The molecule has 0 aromatic heterocycles. The number of thioether (sulfide) groups is 1. The summed E-state index contributed by atoms with van der Waals surface area (Å²) in [5.74, 6) is -1.84. The lowest BCUT2D eigenvalue weighted by molar-refractivity contribution is -0.137. The number of thiocarbonyl (C=S) groups is 1. The zero-order valence-corrected chi connectivity index (χ0v) is 19.6. The van der Waals surface area contributed by atoms with Gasteiger partial charge in [-0.3, -0.25) is 14.5 Å². The van der Waals surface area contributed by atoms with Crippen LogP contribution in [0.25, 0.3) is 6.08 Å². The molecule has 1 heterocycles. The molecule has 2 N–H and O–H groups in total. The third-order valence-electron chi connectivity index (χ3n) is 4.53. The molecule has 0 radical (unpaired) electrons. The van der Waals surface area contributed by atoms with Gasteiger partial charge in [-0.25, -0.2) is 4.79 Å². The Bertz CT molecular complexity index is 1170. The number of carboxylic acids is 2. The smallest absolute Gasteiger partial charge is 0.335 e. The molecule has 0 spiro atoms. The van der Waals surface area contributed by atoms with Crippen molar-refractivity contribution in [1.29, 1.82) is 0 Å². The van der Waals surface area contributed by atoms with Gasteiger partial charge >= 0.3 is 11.9 Å². The number of methoxy groups -OCH3 is 1. The first kappa shape index (κ1) is 24.6. The quantitative estimate of drug-likeness (QED) is 0.378. The van der Waals surface area contributed by atoms with E-state index in [1.807, 2.05) is 0 Å². The fourth-order valence-electron chi connectivity index (χ4n) is 2.96. The zero-order chi connectivity index (χ0) is 24.1. The first-order chi connectivity index (χ1) is 15.7. The van der Waals surface area contributed by atoms with Crippen molar-refractivity contribution < 1.29 is 34.1 Å². The van der Waals surface area contributed by atoms with Crippen LogP contribution in [0.2, 0.25) is 5.02 Å². The summed E-state index contributed by atoms with van der Waals surface area (Å²) in [6, 6.07) is 9.57. The Balaban J connectivity index is 1.80. The Kier molecular flexibility index (Phi) is 7.96. The number of carbonyl (C=O) groups excluding carboxylic acids is 1. The van der Waals surface area contributed by atoms with Crippen molar-refractivity contribution in [1.82, 2.24) is 4.90 Å². The van der Waals surface area contributed by atoms with Crippen LogP contribution in [0.15, 0.2) is 41.3 Å². The Hall–Kier alpha value is -3.08. The number of amides is 1. The third kappa shape index (κ3) is 6.04. The molecule has 3 rings (SSSR count). The molecule has 0 aliphatic carbocycles. The minimum absolute atomic E-state index is 0.00270. The lowest BCUT2D eigenvalue weighted by Crippen LogP contribution is -2.30. The molecule has 0 unspecified atom stereocenters. The zero-order valence-electron chi connectivity index (χ0n) is 17.2. The van der Waals surface area contributed by atoms with E-state index in [0.717, 1.165) is 11.8 Å². The van der Waals surface area contributed by atoms with Crippen molar-refractivity contribution in [2.24, 2.45) is 0 Å². The van der Waals surface area contributed by atoms with Gasteiger partial charge in [0.05, 0.1) is 29.0 Å². The van der Waals surface area contributed by atoms with Crippen LogP contribution in [0.3, 0.4) is 0 Å². The molecule has 0 saturated carbocycles. The standard InChI is InChI=1S/C22H18ClNO7S2/c1-30-16-9-13(10-17-20(27)24(22(32)33-17)6-5-18(25)26)8-15(23)19(16)31-11-12-3-2-4-14(7-12)21(28)29/h2-4,7-10H,5-6,11H2,1H3,(H,25,26)(H,28,29)/b17-10+. The Morgan fingerprint density at radius 3 is 2.67 bits per heavy atom. The normalized spacial score (nSPS) is 14.6. The van der Waals surface area contributed by atoms with Crippen molar-refractivity contribution in [3.63, 3.8) is 0 Å². The number of benzene rings is 2. The molecular weight excluding hydrogens is 490 g/mol. The lowest BCUT2D eigenvalue weighted by atomic mass is 10.1. The van der Waals surface area contributed by atoms with E-state index in [1.54, 1.807) is 30.3 Å². The fourth-order valence-corrected chi connectivity index (χ4v) is 4.55. The lowest BCUT2D eigenvalue weighted by Gasteiger charge is -2.14. The highest BCUT2D eigenvalue weighted by Crippen LogP contribution is 2.39. The summed E-state index contributed by atoms with van der Waals surface area (Å²) in [5, 5.41) is 18.2. The number of carbonyl (C=O) groups is 3. The van der Waals surface area contributed by atoms with Crippen molar-refractivity contribution in [2.75, 3.05) is 13.7 Å². The number of rotatable bonds is 9. The van der Waals surface area contributed by atoms with Gasteiger partial charge in [0.25, 0.3) is 5.91 Å². The average Bonchev–Trinajstić information content (AvgIpc) is 3.03. The van der Waals surface area contributed by atoms with Crippen LogP contribution in [0, 0.1) is 0 Å². The second-order valence-corrected chi connectivity index (χ2v) is 8.89. The first-order valence-corrected chi connectivity index (χ1v) is 11.1. The largest absolute Gasteiger partial charge is 0.493 e. The van der Waals surface area contributed by atoms with Gasteiger partial charge in [0, 0.05) is 6.54 Å². The van der Waals surface area contributed by atoms with Gasteiger partial charge in [-0.2, -0.15) is 0 Å². The SMILES string of the molecule is COc1cc(/C=C2/SC(=S)N(CCC(=O)O)C2=O)cc(Cl)c1OCc1cccc(C(=O)O)c1. The molecule has 0 bridgehead atoms. The minimum atomic E-state index is -1.04. The van der Waals surface area contributed by atoms with E-state index in [-0.39, 0.29) is 46.1 Å². The number of halogens is 1. The van der Waals surface area contributed by atoms with Gasteiger partial charge in [0.1, 0.15) is 10.9 Å². The second-order valence-electron chi connectivity index (χ2n) is 6.81. The molecular formula is C22H18ClNO7S2. The van der Waals surface area contributed by atoms with Crippen molar-refractivity contribution in [2.45, 2.75) is 13.0 Å². The van der Waals surface area contributed by atoms with E-state index in [9.17, 15) is 14.4 Å². The van der Waals surface area contributed by atoms with Gasteiger partial charge < -0.3 is 19.7 Å². The van der Waals surface area contributed by atoms with Crippen LogP contribution in [0.1, 0.15) is 27.9 Å². The number of hydrogen-bond acceptors (Lipinski definition) is 7. The highest BCUT2D eigenvalue weighted by molar-refractivity contribution is 8.26. The third-order valence-corrected chi connectivity index (χ3v) is 6.19. The second kappa shape index (κ2) is 10.7. The van der Waals surface area contributed by atoms with Crippen molar-refractivity contribution >= 4 is 63.8 Å². The predicted octanol–water partition coefficient (Wildman–Crippen LogP) is 4.30. The van der Waals surface area contributed by atoms with Gasteiger partial charge in [-0.1, -0.05) is 47.7 Å². The van der Waals surface area contributed by atoms with E-state index in [4.69, 9.17) is 43.5 Å². The molecule has 8 nitrogen and oxygen atoms in total. The molecule has 1 amide bonds. The van der Waals surface area contributed by atoms with Crippen LogP contribution < -0.4 is 9.47 Å². The summed E-state index contributed by atoms with van der Waals surface area (Å²) in [5.41, 5.74) is 1.35. The summed E-state index contributed by atoms with van der Waals surface area (Å²) in [6.07, 6.45) is 1.38. The molecule has 1 aliphatic heterocycles. The van der Waals surface area contributed by atoms with Gasteiger partial charge in [0.2, 0.25) is 0 Å². The Labute approximate surface area is 203 Å². The number of hydrogen-bond donors (Lipinski definition) is 2. The van der Waals surface area contributed by atoms with Gasteiger partial charge in [0.15, 0.2) is 11.5 Å². The van der Waals surface area contributed by atoms with Crippen molar-refractivity contribution in [3.05, 3.63) is 63.0 Å². The number of carboxylic acid groups (broad SMARTS) is 2. The molecule has 11 heteroatoms. The highest BCUT2D eigenvalue weighted by Gasteiger charge is 2.32. The molecule has 1 saturated heterocycles. The van der Waals surface area contributed by atoms with Crippen LogP contribution >= 0.6 is 35.6 Å². The number of ether oxygens (including phenoxy) is 2.